The normalized spacial score (nSPS) is 23.2. The number of hydrogen-bond acceptors (Lipinski definition) is 4. The molecule has 1 N–H and O–H groups in total. The van der Waals surface area contributed by atoms with Crippen molar-refractivity contribution in [2.24, 2.45) is 0 Å². The first-order chi connectivity index (χ1) is 8.52. The third kappa shape index (κ3) is 2.80. The molecule has 18 heavy (non-hydrogen) atoms. The smallest absolute Gasteiger partial charge is 0.275 e. The van der Waals surface area contributed by atoms with Crippen LogP contribution in [-0.4, -0.2) is 23.7 Å². The molecule has 1 unspecified atom stereocenters. The van der Waals surface area contributed by atoms with Crippen LogP contribution < -0.4 is 5.32 Å². The predicted molar refractivity (Wildman–Crippen MR) is 68.8 cm³/mol. The zero-order valence-corrected chi connectivity index (χ0v) is 10.9. The molecule has 1 fully saturated rings. The van der Waals surface area contributed by atoms with Crippen molar-refractivity contribution in [1.29, 1.82) is 0 Å². The first-order valence-corrected chi connectivity index (χ1v) is 6.14. The van der Waals surface area contributed by atoms with E-state index in [1.54, 1.807) is 12.1 Å². The van der Waals surface area contributed by atoms with Crippen LogP contribution in [0.1, 0.15) is 18.9 Å². The Morgan fingerprint density at radius 3 is 3.00 bits per heavy atom. The maximum Gasteiger partial charge on any atom is 0.275 e. The number of rotatable bonds is 4. The molecule has 6 heteroatoms. The van der Waals surface area contributed by atoms with E-state index in [-0.39, 0.29) is 11.2 Å². The maximum atomic E-state index is 10.9. The Balaban J connectivity index is 2.15. The second kappa shape index (κ2) is 5.22. The molecule has 5 nitrogen and oxygen atoms in total. The summed E-state index contributed by atoms with van der Waals surface area (Å²) >= 11 is 6.03. The van der Waals surface area contributed by atoms with Crippen LogP contribution >= 0.6 is 11.6 Å². The Bertz CT molecular complexity index is 459. The van der Waals surface area contributed by atoms with Crippen molar-refractivity contribution in [1.82, 2.24) is 5.32 Å². The Morgan fingerprint density at radius 1 is 1.61 bits per heavy atom. The number of ether oxygens (including phenoxy) is 1. The fraction of sp³-hybridized carbons (Fsp3) is 0.500. The topological polar surface area (TPSA) is 64.4 Å². The van der Waals surface area contributed by atoms with Gasteiger partial charge in [0, 0.05) is 24.8 Å². The zero-order chi connectivity index (χ0) is 13.2. The number of nitrogens with zero attached hydrogens (tertiary/aromatic N) is 1. The summed E-state index contributed by atoms with van der Waals surface area (Å²) in [6.45, 7) is 3.75. The van der Waals surface area contributed by atoms with E-state index in [4.69, 9.17) is 16.3 Å². The Hall–Kier alpha value is -1.17. The number of nitro groups is 1. The molecule has 0 aromatic heterocycles. The van der Waals surface area contributed by atoms with Crippen LogP contribution in [0.4, 0.5) is 5.69 Å². The van der Waals surface area contributed by atoms with Crippen LogP contribution in [-0.2, 0) is 11.3 Å². The van der Waals surface area contributed by atoms with Crippen LogP contribution in [0.5, 0.6) is 0 Å². The standard InChI is InChI=1S/C12H15ClN2O3/c1-12(5-6-18-8-12)14-7-9-10(13)3-2-4-11(9)15(16)17/h2-4,14H,5-8H2,1H3. The lowest BCUT2D eigenvalue weighted by atomic mass is 10.0. The lowest BCUT2D eigenvalue weighted by molar-refractivity contribution is -0.385. The molecule has 1 aromatic carbocycles. The molecule has 1 saturated heterocycles. The van der Waals surface area contributed by atoms with E-state index >= 15 is 0 Å². The first kappa shape index (κ1) is 13.3. The van der Waals surface area contributed by atoms with E-state index in [0.29, 0.717) is 30.3 Å². The number of nitrogens with one attached hydrogen (secondary N) is 1. The van der Waals surface area contributed by atoms with Gasteiger partial charge < -0.3 is 10.1 Å². The Kier molecular flexibility index (Phi) is 3.85. The van der Waals surface area contributed by atoms with E-state index in [1.165, 1.54) is 6.07 Å². The number of hydrogen-bond donors (Lipinski definition) is 1. The molecule has 0 bridgehead atoms. The maximum absolute atomic E-state index is 10.9. The Morgan fingerprint density at radius 2 is 2.39 bits per heavy atom. The van der Waals surface area contributed by atoms with E-state index in [0.717, 1.165) is 6.42 Å². The molecule has 0 spiro atoms. The molecule has 1 atom stereocenters. The van der Waals surface area contributed by atoms with Crippen molar-refractivity contribution in [3.63, 3.8) is 0 Å². The van der Waals surface area contributed by atoms with Crippen molar-refractivity contribution in [2.75, 3.05) is 13.2 Å². The molecular formula is C12H15ClN2O3. The average molecular weight is 271 g/mol. The molecule has 1 aliphatic rings. The summed E-state index contributed by atoms with van der Waals surface area (Å²) in [6, 6.07) is 4.72. The van der Waals surface area contributed by atoms with Gasteiger partial charge in [0.15, 0.2) is 0 Å². The summed E-state index contributed by atoms with van der Waals surface area (Å²) in [5.74, 6) is 0. The second-order valence-electron chi connectivity index (χ2n) is 4.71. The van der Waals surface area contributed by atoms with E-state index < -0.39 is 4.92 Å². The molecule has 1 heterocycles. The van der Waals surface area contributed by atoms with Crippen molar-refractivity contribution in [3.8, 4) is 0 Å². The SMILES string of the molecule is CC1(NCc2c(Cl)cccc2[N+](=O)[O-])CCOC1. The molecule has 0 radical (unpaired) electrons. The van der Waals surface area contributed by atoms with Gasteiger partial charge in [-0.2, -0.15) is 0 Å². The minimum absolute atomic E-state index is 0.0533. The fourth-order valence-electron chi connectivity index (χ4n) is 2.00. The minimum Gasteiger partial charge on any atom is -0.379 e. The van der Waals surface area contributed by atoms with Gasteiger partial charge >= 0.3 is 0 Å². The highest BCUT2D eigenvalue weighted by molar-refractivity contribution is 6.31. The lowest BCUT2D eigenvalue weighted by Gasteiger charge is -2.23. The number of nitro benzene ring substituents is 1. The third-order valence-corrected chi connectivity index (χ3v) is 3.56. The van der Waals surface area contributed by atoms with Gasteiger partial charge in [-0.3, -0.25) is 10.1 Å². The number of benzene rings is 1. The molecule has 0 amide bonds. The average Bonchev–Trinajstić information content (AvgIpc) is 2.74. The largest absolute Gasteiger partial charge is 0.379 e. The van der Waals surface area contributed by atoms with Gasteiger partial charge in [0.2, 0.25) is 0 Å². The zero-order valence-electron chi connectivity index (χ0n) is 10.1. The molecular weight excluding hydrogens is 256 g/mol. The summed E-state index contributed by atoms with van der Waals surface area (Å²) in [6.07, 6.45) is 0.894. The quantitative estimate of drug-likeness (QED) is 0.674. The van der Waals surface area contributed by atoms with Crippen molar-refractivity contribution in [2.45, 2.75) is 25.4 Å². The highest BCUT2D eigenvalue weighted by atomic mass is 35.5. The highest BCUT2D eigenvalue weighted by Crippen LogP contribution is 2.27. The van der Waals surface area contributed by atoms with Crippen LogP contribution in [0, 0.1) is 10.1 Å². The molecule has 1 aromatic rings. The van der Waals surface area contributed by atoms with Gasteiger partial charge in [0.1, 0.15) is 0 Å². The number of halogens is 1. The van der Waals surface area contributed by atoms with Gasteiger partial charge in [-0.25, -0.2) is 0 Å². The van der Waals surface area contributed by atoms with E-state index in [1.807, 2.05) is 6.92 Å². The summed E-state index contributed by atoms with van der Waals surface area (Å²) in [5.41, 5.74) is 0.447. The lowest BCUT2D eigenvalue weighted by Crippen LogP contribution is -2.42. The summed E-state index contributed by atoms with van der Waals surface area (Å²) < 4.78 is 5.33. The molecule has 98 valence electrons. The van der Waals surface area contributed by atoms with Crippen molar-refractivity contribution in [3.05, 3.63) is 38.9 Å². The summed E-state index contributed by atoms with van der Waals surface area (Å²) in [7, 11) is 0. The predicted octanol–water partition coefficient (Wildman–Crippen LogP) is 2.52. The van der Waals surface area contributed by atoms with Crippen LogP contribution in [0.3, 0.4) is 0 Å². The monoisotopic (exact) mass is 270 g/mol. The summed E-state index contributed by atoms with van der Waals surface area (Å²) in [4.78, 5) is 10.5. The van der Waals surface area contributed by atoms with Crippen molar-refractivity contribution >= 4 is 17.3 Å². The van der Waals surface area contributed by atoms with Gasteiger partial charge in [-0.05, 0) is 19.4 Å². The fourth-order valence-corrected chi connectivity index (χ4v) is 2.24. The molecule has 2 rings (SSSR count). The molecule has 0 aliphatic carbocycles. The van der Waals surface area contributed by atoms with E-state index in [2.05, 4.69) is 5.32 Å². The highest BCUT2D eigenvalue weighted by Gasteiger charge is 2.30. The van der Waals surface area contributed by atoms with Crippen LogP contribution in [0.15, 0.2) is 18.2 Å². The third-order valence-electron chi connectivity index (χ3n) is 3.20. The Labute approximate surface area is 110 Å². The van der Waals surface area contributed by atoms with Crippen molar-refractivity contribution < 1.29 is 9.66 Å². The second-order valence-corrected chi connectivity index (χ2v) is 5.12. The molecule has 0 saturated carbocycles. The van der Waals surface area contributed by atoms with Gasteiger partial charge in [-0.15, -0.1) is 0 Å². The minimum atomic E-state index is -0.406. The van der Waals surface area contributed by atoms with Gasteiger partial charge in [0.25, 0.3) is 5.69 Å². The van der Waals surface area contributed by atoms with Gasteiger partial charge in [-0.1, -0.05) is 17.7 Å². The van der Waals surface area contributed by atoms with Crippen LogP contribution in [0.2, 0.25) is 5.02 Å². The first-order valence-electron chi connectivity index (χ1n) is 5.76. The van der Waals surface area contributed by atoms with E-state index in [9.17, 15) is 10.1 Å². The van der Waals surface area contributed by atoms with Crippen LogP contribution in [0.25, 0.3) is 0 Å². The molecule has 1 aliphatic heterocycles. The summed E-state index contributed by atoms with van der Waals surface area (Å²) in [5, 5.41) is 14.7. The van der Waals surface area contributed by atoms with Gasteiger partial charge in [0.05, 0.1) is 22.1 Å².